The van der Waals surface area contributed by atoms with Crippen molar-refractivity contribution in [2.24, 2.45) is 11.8 Å². The molecule has 1 aliphatic carbocycles. The Morgan fingerprint density at radius 2 is 2.00 bits per heavy atom. The third kappa shape index (κ3) is 3.18. The highest BCUT2D eigenvalue weighted by Gasteiger charge is 2.23. The van der Waals surface area contributed by atoms with Gasteiger partial charge in [0.25, 0.3) is 0 Å². The smallest absolute Gasteiger partial charge is 0.165 e. The summed E-state index contributed by atoms with van der Waals surface area (Å²) in [6.07, 6.45) is 5.69. The molecule has 0 aromatic heterocycles. The summed E-state index contributed by atoms with van der Waals surface area (Å²) < 4.78 is 0. The molecule has 92 valence electrons. The van der Waals surface area contributed by atoms with Crippen molar-refractivity contribution in [3.8, 4) is 0 Å². The lowest BCUT2D eigenvalue weighted by Gasteiger charge is -2.10. The van der Waals surface area contributed by atoms with Crippen LogP contribution in [0.15, 0.2) is 24.3 Å². The summed E-state index contributed by atoms with van der Waals surface area (Å²) in [6, 6.07) is 8.23. The van der Waals surface area contributed by atoms with Crippen LogP contribution >= 0.6 is 0 Å². The van der Waals surface area contributed by atoms with E-state index in [2.05, 4.69) is 26.0 Å². The van der Waals surface area contributed by atoms with E-state index in [0.29, 0.717) is 17.6 Å². The molecule has 2 rings (SSSR count). The van der Waals surface area contributed by atoms with Crippen LogP contribution in [0.3, 0.4) is 0 Å². The van der Waals surface area contributed by atoms with Crippen LogP contribution in [0.2, 0.25) is 0 Å². The summed E-state index contributed by atoms with van der Waals surface area (Å²) in [5.74, 6) is 1.31. The molecule has 0 aliphatic heterocycles. The number of benzene rings is 1. The second-order valence-electron chi connectivity index (χ2n) is 5.64. The normalized spacial score (nSPS) is 16.6. The average molecular weight is 230 g/mol. The molecule has 1 aromatic carbocycles. The first-order chi connectivity index (χ1) is 8.16. The minimum atomic E-state index is 0.296. The quantitative estimate of drug-likeness (QED) is 0.706. The van der Waals surface area contributed by atoms with Gasteiger partial charge in [0.2, 0.25) is 0 Å². The van der Waals surface area contributed by atoms with E-state index in [1.807, 2.05) is 12.1 Å². The monoisotopic (exact) mass is 230 g/mol. The molecule has 1 heteroatoms. The molecule has 0 radical (unpaired) electrons. The topological polar surface area (TPSA) is 17.1 Å². The van der Waals surface area contributed by atoms with Crippen LogP contribution in [0.5, 0.6) is 0 Å². The van der Waals surface area contributed by atoms with Gasteiger partial charge in [-0.15, -0.1) is 0 Å². The molecule has 0 unspecified atom stereocenters. The molecular formula is C16H22O. The zero-order chi connectivity index (χ0) is 12.3. The molecule has 1 nitrogen and oxygen atoms in total. The van der Waals surface area contributed by atoms with Gasteiger partial charge in [0.15, 0.2) is 5.78 Å². The van der Waals surface area contributed by atoms with Gasteiger partial charge in [0.05, 0.1) is 0 Å². The fourth-order valence-electron chi connectivity index (χ4n) is 2.75. The van der Waals surface area contributed by atoms with Crippen molar-refractivity contribution in [2.45, 2.75) is 46.0 Å². The molecule has 0 saturated heterocycles. The summed E-state index contributed by atoms with van der Waals surface area (Å²) in [7, 11) is 0. The number of Topliss-reactive ketones (excluding diaryl/α,β-unsaturated/α-hetero) is 1. The van der Waals surface area contributed by atoms with E-state index < -0.39 is 0 Å². The highest BCUT2D eigenvalue weighted by Crippen LogP contribution is 2.28. The Morgan fingerprint density at radius 3 is 2.65 bits per heavy atom. The standard InChI is InChI=1S/C16H22O/c1-12(2)10-13-6-5-9-15(11-13)16(17)14-7-3-4-8-14/h5-6,9,11-12,14H,3-4,7-8,10H2,1-2H3. The van der Waals surface area contributed by atoms with Crippen molar-refractivity contribution >= 4 is 5.78 Å². The zero-order valence-corrected chi connectivity index (χ0v) is 10.9. The van der Waals surface area contributed by atoms with Crippen LogP contribution in [0, 0.1) is 11.8 Å². The minimum absolute atomic E-state index is 0.296. The Bertz CT molecular complexity index is 386. The Hall–Kier alpha value is -1.11. The van der Waals surface area contributed by atoms with Crippen molar-refractivity contribution in [3.63, 3.8) is 0 Å². The van der Waals surface area contributed by atoms with Gasteiger partial charge < -0.3 is 0 Å². The van der Waals surface area contributed by atoms with E-state index in [1.165, 1.54) is 18.4 Å². The Balaban J connectivity index is 2.12. The van der Waals surface area contributed by atoms with Gasteiger partial charge in [0.1, 0.15) is 0 Å². The largest absolute Gasteiger partial charge is 0.294 e. The van der Waals surface area contributed by atoms with Crippen molar-refractivity contribution in [2.75, 3.05) is 0 Å². The van der Waals surface area contributed by atoms with Crippen molar-refractivity contribution < 1.29 is 4.79 Å². The van der Waals surface area contributed by atoms with Crippen molar-refractivity contribution in [1.82, 2.24) is 0 Å². The first-order valence-electron chi connectivity index (χ1n) is 6.80. The van der Waals surface area contributed by atoms with Crippen LogP contribution in [0.4, 0.5) is 0 Å². The summed E-state index contributed by atoms with van der Waals surface area (Å²) in [6.45, 7) is 4.43. The molecule has 0 bridgehead atoms. The first kappa shape index (κ1) is 12.3. The van der Waals surface area contributed by atoms with Crippen LogP contribution in [-0.2, 0) is 6.42 Å². The van der Waals surface area contributed by atoms with Gasteiger partial charge in [-0.3, -0.25) is 4.79 Å². The number of hydrogen-bond donors (Lipinski definition) is 0. The van der Waals surface area contributed by atoms with Gasteiger partial charge in [0, 0.05) is 11.5 Å². The lowest BCUT2D eigenvalue weighted by atomic mass is 9.93. The fourth-order valence-corrected chi connectivity index (χ4v) is 2.75. The number of carbonyl (C=O) groups is 1. The van der Waals surface area contributed by atoms with Gasteiger partial charge in [-0.05, 0) is 36.8 Å². The second-order valence-corrected chi connectivity index (χ2v) is 5.64. The summed E-state index contributed by atoms with van der Waals surface area (Å²) in [5.41, 5.74) is 2.22. The van der Waals surface area contributed by atoms with E-state index in [9.17, 15) is 4.79 Å². The lowest BCUT2D eigenvalue weighted by molar-refractivity contribution is 0.0922. The predicted molar refractivity (Wildman–Crippen MR) is 71.3 cm³/mol. The van der Waals surface area contributed by atoms with Crippen molar-refractivity contribution in [1.29, 1.82) is 0 Å². The third-order valence-corrected chi connectivity index (χ3v) is 3.58. The van der Waals surface area contributed by atoms with Gasteiger partial charge in [-0.1, -0.05) is 44.9 Å². The maximum atomic E-state index is 12.3. The summed E-state index contributed by atoms with van der Waals surface area (Å²) in [4.78, 5) is 12.3. The highest BCUT2D eigenvalue weighted by molar-refractivity contribution is 5.98. The Labute approximate surface area is 104 Å². The molecule has 1 saturated carbocycles. The van der Waals surface area contributed by atoms with Gasteiger partial charge in [-0.25, -0.2) is 0 Å². The lowest BCUT2D eigenvalue weighted by Crippen LogP contribution is -2.11. The molecule has 17 heavy (non-hydrogen) atoms. The molecule has 0 heterocycles. The van der Waals surface area contributed by atoms with Crippen molar-refractivity contribution in [3.05, 3.63) is 35.4 Å². The van der Waals surface area contributed by atoms with Crippen LogP contribution in [0.25, 0.3) is 0 Å². The molecule has 0 atom stereocenters. The number of ketones is 1. The molecule has 0 spiro atoms. The average Bonchev–Trinajstić information content (AvgIpc) is 2.81. The van der Waals surface area contributed by atoms with E-state index in [0.717, 1.165) is 24.8 Å². The number of carbonyl (C=O) groups excluding carboxylic acids is 1. The molecule has 1 fully saturated rings. The maximum Gasteiger partial charge on any atom is 0.165 e. The van der Waals surface area contributed by atoms with Gasteiger partial charge >= 0.3 is 0 Å². The van der Waals surface area contributed by atoms with E-state index in [4.69, 9.17) is 0 Å². The molecular weight excluding hydrogens is 208 g/mol. The van der Waals surface area contributed by atoms with Crippen LogP contribution < -0.4 is 0 Å². The predicted octanol–water partition coefficient (Wildman–Crippen LogP) is 4.26. The first-order valence-corrected chi connectivity index (χ1v) is 6.80. The third-order valence-electron chi connectivity index (χ3n) is 3.58. The number of hydrogen-bond acceptors (Lipinski definition) is 1. The molecule has 1 aliphatic rings. The van der Waals surface area contributed by atoms with E-state index in [-0.39, 0.29) is 0 Å². The van der Waals surface area contributed by atoms with E-state index >= 15 is 0 Å². The second kappa shape index (κ2) is 5.48. The Morgan fingerprint density at radius 1 is 1.29 bits per heavy atom. The molecule has 1 aromatic rings. The molecule has 0 N–H and O–H groups in total. The fraction of sp³-hybridized carbons (Fsp3) is 0.562. The zero-order valence-electron chi connectivity index (χ0n) is 10.9. The highest BCUT2D eigenvalue weighted by atomic mass is 16.1. The van der Waals surface area contributed by atoms with Gasteiger partial charge in [-0.2, -0.15) is 0 Å². The van der Waals surface area contributed by atoms with E-state index in [1.54, 1.807) is 0 Å². The number of rotatable bonds is 4. The molecule has 0 amide bonds. The van der Waals surface area contributed by atoms with Crippen LogP contribution in [0.1, 0.15) is 55.5 Å². The summed E-state index contributed by atoms with van der Waals surface area (Å²) >= 11 is 0. The SMILES string of the molecule is CC(C)Cc1cccc(C(=O)C2CCCC2)c1. The summed E-state index contributed by atoms with van der Waals surface area (Å²) in [5, 5.41) is 0. The van der Waals surface area contributed by atoms with Crippen LogP contribution in [-0.4, -0.2) is 5.78 Å². The minimum Gasteiger partial charge on any atom is -0.294 e. The maximum absolute atomic E-state index is 12.3. The Kier molecular flexibility index (Phi) is 3.98.